The minimum Gasteiger partial charge on any atom is -0.478 e. The van der Waals surface area contributed by atoms with E-state index >= 15 is 0 Å². The molecule has 0 aliphatic heterocycles. The maximum Gasteiger partial charge on any atom is 0.365 e. The summed E-state index contributed by atoms with van der Waals surface area (Å²) in [5, 5.41) is 8.91. The second-order valence-corrected chi connectivity index (χ2v) is 3.42. The molecule has 0 aliphatic carbocycles. The molecule has 0 radical (unpaired) electrons. The smallest absolute Gasteiger partial charge is 0.365 e. The van der Waals surface area contributed by atoms with Gasteiger partial charge in [-0.3, -0.25) is 4.89 Å². The Morgan fingerprint density at radius 3 is 2.40 bits per heavy atom. The highest BCUT2D eigenvalue weighted by atomic mass is 17.2. The third-order valence-electron chi connectivity index (χ3n) is 2.08. The lowest BCUT2D eigenvalue weighted by molar-refractivity contribution is -0.270. The largest absolute Gasteiger partial charge is 0.478 e. The lowest BCUT2D eigenvalue weighted by atomic mass is 10.1. The standard InChI is InChI=1S/C13H12O7/c1-2-11(14)20-19-8-7-18-13(17)10-6-4-3-5-9(10)12(15)16/h2-6H,1,7-8H2,(H,15,16). The number of carboxylic acids is 1. The summed E-state index contributed by atoms with van der Waals surface area (Å²) in [4.78, 5) is 41.8. The molecular weight excluding hydrogens is 268 g/mol. The van der Waals surface area contributed by atoms with E-state index in [1.165, 1.54) is 24.3 Å². The van der Waals surface area contributed by atoms with E-state index in [9.17, 15) is 14.4 Å². The van der Waals surface area contributed by atoms with Gasteiger partial charge in [0, 0.05) is 6.08 Å². The molecule has 106 valence electrons. The number of hydrogen-bond donors (Lipinski definition) is 1. The lowest BCUT2D eigenvalue weighted by Crippen LogP contribution is -2.15. The molecule has 1 rings (SSSR count). The van der Waals surface area contributed by atoms with E-state index in [4.69, 9.17) is 9.84 Å². The van der Waals surface area contributed by atoms with Crippen LogP contribution in [-0.2, 0) is 19.3 Å². The Labute approximate surface area is 114 Å². The van der Waals surface area contributed by atoms with E-state index in [2.05, 4.69) is 16.4 Å². The highest BCUT2D eigenvalue weighted by Gasteiger charge is 2.16. The van der Waals surface area contributed by atoms with Crippen molar-refractivity contribution in [1.82, 2.24) is 0 Å². The molecule has 7 heteroatoms. The zero-order chi connectivity index (χ0) is 15.0. The summed E-state index contributed by atoms with van der Waals surface area (Å²) in [6.45, 7) is 2.78. The van der Waals surface area contributed by atoms with Gasteiger partial charge in [0.25, 0.3) is 0 Å². The predicted octanol–water partition coefficient (Wildman–Crippen LogP) is 1.20. The van der Waals surface area contributed by atoms with Gasteiger partial charge in [-0.05, 0) is 12.1 Å². The first kappa shape index (κ1) is 15.4. The molecule has 1 aromatic rings. The van der Waals surface area contributed by atoms with Crippen LogP contribution >= 0.6 is 0 Å². The number of carbonyl (C=O) groups is 3. The van der Waals surface area contributed by atoms with Gasteiger partial charge in [0.2, 0.25) is 0 Å². The molecule has 0 unspecified atom stereocenters. The van der Waals surface area contributed by atoms with Crippen molar-refractivity contribution in [3.63, 3.8) is 0 Å². The molecule has 0 aromatic heterocycles. The van der Waals surface area contributed by atoms with Crippen LogP contribution in [0.25, 0.3) is 0 Å². The SMILES string of the molecule is C=CC(=O)OOCCOC(=O)c1ccccc1C(=O)O. The van der Waals surface area contributed by atoms with Crippen LogP contribution in [0, 0.1) is 0 Å². The van der Waals surface area contributed by atoms with E-state index in [0.717, 1.165) is 6.08 Å². The molecule has 0 atom stereocenters. The van der Waals surface area contributed by atoms with E-state index in [-0.39, 0.29) is 24.3 Å². The molecule has 0 fully saturated rings. The van der Waals surface area contributed by atoms with Crippen LogP contribution < -0.4 is 0 Å². The van der Waals surface area contributed by atoms with Crippen LogP contribution in [0.1, 0.15) is 20.7 Å². The van der Waals surface area contributed by atoms with E-state index < -0.39 is 17.9 Å². The summed E-state index contributed by atoms with van der Waals surface area (Å²) < 4.78 is 4.79. The van der Waals surface area contributed by atoms with Gasteiger partial charge in [-0.2, -0.15) is 4.89 Å². The van der Waals surface area contributed by atoms with Gasteiger partial charge >= 0.3 is 17.9 Å². The minimum atomic E-state index is -1.23. The van der Waals surface area contributed by atoms with Crippen molar-refractivity contribution in [3.8, 4) is 0 Å². The zero-order valence-corrected chi connectivity index (χ0v) is 10.4. The number of aromatic carboxylic acids is 1. The topological polar surface area (TPSA) is 99.1 Å². The molecule has 0 aliphatic rings. The monoisotopic (exact) mass is 280 g/mol. The molecule has 0 saturated heterocycles. The van der Waals surface area contributed by atoms with Gasteiger partial charge < -0.3 is 9.84 Å². The van der Waals surface area contributed by atoms with Crippen LogP contribution in [0.15, 0.2) is 36.9 Å². The summed E-state index contributed by atoms with van der Waals surface area (Å²) >= 11 is 0. The number of carboxylic acid groups (broad SMARTS) is 1. The summed E-state index contributed by atoms with van der Waals surface area (Å²) in [5.74, 6) is -2.80. The molecule has 0 spiro atoms. The van der Waals surface area contributed by atoms with Gasteiger partial charge in [0.15, 0.2) is 0 Å². The maximum atomic E-state index is 11.7. The number of carbonyl (C=O) groups excluding carboxylic acids is 2. The summed E-state index contributed by atoms with van der Waals surface area (Å²) in [7, 11) is 0. The molecular formula is C13H12O7. The van der Waals surface area contributed by atoms with Crippen molar-refractivity contribution < 1.29 is 34.0 Å². The Hall–Kier alpha value is -2.67. The number of rotatable bonds is 7. The molecule has 0 saturated carbocycles. The first-order valence-electron chi connectivity index (χ1n) is 5.51. The van der Waals surface area contributed by atoms with Crippen molar-refractivity contribution in [2.24, 2.45) is 0 Å². The van der Waals surface area contributed by atoms with Gasteiger partial charge in [0.05, 0.1) is 11.1 Å². The van der Waals surface area contributed by atoms with Crippen LogP contribution in [0.5, 0.6) is 0 Å². The fourth-order valence-electron chi connectivity index (χ4n) is 1.23. The van der Waals surface area contributed by atoms with Gasteiger partial charge in [-0.1, -0.05) is 18.7 Å². The minimum absolute atomic E-state index is 0.0666. The van der Waals surface area contributed by atoms with Gasteiger partial charge in [-0.25, -0.2) is 14.4 Å². The van der Waals surface area contributed by atoms with E-state index in [0.29, 0.717) is 0 Å². The Kier molecular flexibility index (Phi) is 5.92. The van der Waals surface area contributed by atoms with Gasteiger partial charge in [0.1, 0.15) is 13.2 Å². The Morgan fingerprint density at radius 2 is 1.80 bits per heavy atom. The third kappa shape index (κ3) is 4.54. The first-order chi connectivity index (χ1) is 9.56. The molecule has 20 heavy (non-hydrogen) atoms. The van der Waals surface area contributed by atoms with Crippen molar-refractivity contribution in [2.45, 2.75) is 0 Å². The number of benzene rings is 1. The quantitative estimate of drug-likeness (QED) is 0.263. The average molecular weight is 280 g/mol. The second-order valence-electron chi connectivity index (χ2n) is 3.42. The Balaban J connectivity index is 2.46. The molecule has 0 amide bonds. The molecule has 7 nitrogen and oxygen atoms in total. The summed E-state index contributed by atoms with van der Waals surface area (Å²) in [6, 6.07) is 5.65. The van der Waals surface area contributed by atoms with E-state index in [1.807, 2.05) is 0 Å². The van der Waals surface area contributed by atoms with Crippen LogP contribution in [0.2, 0.25) is 0 Å². The highest BCUT2D eigenvalue weighted by molar-refractivity contribution is 6.02. The summed E-state index contributed by atoms with van der Waals surface area (Å²) in [6.07, 6.45) is 0.912. The fourth-order valence-corrected chi connectivity index (χ4v) is 1.23. The summed E-state index contributed by atoms with van der Waals surface area (Å²) in [5.41, 5.74) is -0.223. The number of esters is 1. The third-order valence-corrected chi connectivity index (χ3v) is 2.08. The Bertz CT molecular complexity index is 521. The lowest BCUT2D eigenvalue weighted by Gasteiger charge is -2.06. The Morgan fingerprint density at radius 1 is 1.15 bits per heavy atom. The number of hydrogen-bond acceptors (Lipinski definition) is 6. The van der Waals surface area contributed by atoms with Crippen LogP contribution in [0.4, 0.5) is 0 Å². The maximum absolute atomic E-state index is 11.7. The molecule has 1 N–H and O–H groups in total. The number of ether oxygens (including phenoxy) is 1. The first-order valence-corrected chi connectivity index (χ1v) is 5.51. The second kappa shape index (κ2) is 7.70. The van der Waals surface area contributed by atoms with E-state index in [1.54, 1.807) is 0 Å². The normalized spacial score (nSPS) is 9.60. The van der Waals surface area contributed by atoms with Gasteiger partial charge in [-0.15, -0.1) is 0 Å². The zero-order valence-electron chi connectivity index (χ0n) is 10.4. The van der Waals surface area contributed by atoms with Crippen molar-refractivity contribution in [1.29, 1.82) is 0 Å². The predicted molar refractivity (Wildman–Crippen MR) is 65.9 cm³/mol. The fraction of sp³-hybridized carbons (Fsp3) is 0.154. The van der Waals surface area contributed by atoms with Crippen LogP contribution in [0.3, 0.4) is 0 Å². The average Bonchev–Trinajstić information content (AvgIpc) is 2.46. The molecule has 1 aromatic carbocycles. The van der Waals surface area contributed by atoms with Crippen molar-refractivity contribution >= 4 is 17.9 Å². The highest BCUT2D eigenvalue weighted by Crippen LogP contribution is 2.10. The molecule has 0 heterocycles. The molecule has 0 bridgehead atoms. The van der Waals surface area contributed by atoms with Crippen molar-refractivity contribution in [2.75, 3.05) is 13.2 Å². The van der Waals surface area contributed by atoms with Crippen LogP contribution in [-0.4, -0.2) is 36.2 Å². The van der Waals surface area contributed by atoms with Crippen molar-refractivity contribution in [3.05, 3.63) is 48.0 Å².